The van der Waals surface area contributed by atoms with Crippen molar-refractivity contribution in [1.82, 2.24) is 20.9 Å². The number of amides is 3. The molecule has 1 aromatic heterocycles. The van der Waals surface area contributed by atoms with Crippen LogP contribution in [0.15, 0.2) is 59.7 Å². The van der Waals surface area contributed by atoms with E-state index in [1.54, 1.807) is 55.5 Å². The molecule has 0 bridgehead atoms. The molecule has 0 aliphatic carbocycles. The molecule has 0 spiro atoms. The van der Waals surface area contributed by atoms with Gasteiger partial charge in [-0.25, -0.2) is 4.99 Å². The van der Waals surface area contributed by atoms with Crippen molar-refractivity contribution < 1.29 is 37.1 Å². The predicted molar refractivity (Wildman–Crippen MR) is 148 cm³/mol. The summed E-state index contributed by atoms with van der Waals surface area (Å²) in [6.45, 7) is 1.91. The van der Waals surface area contributed by atoms with E-state index in [0.717, 1.165) is 0 Å². The molecule has 0 saturated carbocycles. The smallest absolute Gasteiger partial charge is 0.452 e. The highest BCUT2D eigenvalue weighted by atomic mass is 19.4. The molecule has 4 rings (SSSR count). The molecule has 10 nitrogen and oxygen atoms in total. The van der Waals surface area contributed by atoms with Crippen LogP contribution in [0.3, 0.4) is 0 Å². The number of H-pyrrole nitrogens is 1. The molecule has 13 heteroatoms. The number of para-hydroxylation sites is 1. The third-order valence-corrected chi connectivity index (χ3v) is 6.63. The minimum Gasteiger partial charge on any atom is -0.476 e. The number of rotatable bonds is 12. The molecule has 2 unspecified atom stereocenters. The molecular weight excluding hydrogens is 555 g/mol. The Bertz CT molecular complexity index is 1500. The number of carbonyl (C=O) groups excluding carboxylic acids is 4. The number of fused-ring (bicyclic) bond motifs is 1. The van der Waals surface area contributed by atoms with Crippen molar-refractivity contribution in [3.63, 3.8) is 0 Å². The fourth-order valence-electron chi connectivity index (χ4n) is 4.55. The maximum atomic E-state index is 13.4. The van der Waals surface area contributed by atoms with Crippen molar-refractivity contribution in [2.75, 3.05) is 19.7 Å². The third kappa shape index (κ3) is 7.74. The molecule has 4 N–H and O–H groups in total. The van der Waals surface area contributed by atoms with Gasteiger partial charge in [0.05, 0.1) is 13.1 Å². The summed E-state index contributed by atoms with van der Waals surface area (Å²) in [5.74, 6) is -3.76. The van der Waals surface area contributed by atoms with Crippen LogP contribution in [-0.2, 0) is 36.8 Å². The minimum atomic E-state index is -5.19. The number of halogens is 3. The number of hydrogen-bond acceptors (Lipinski definition) is 6. The number of aromatic nitrogens is 1. The Labute approximate surface area is 239 Å². The van der Waals surface area contributed by atoms with Gasteiger partial charge < -0.3 is 25.7 Å². The maximum absolute atomic E-state index is 13.4. The van der Waals surface area contributed by atoms with Gasteiger partial charge in [0.25, 0.3) is 5.78 Å². The first-order chi connectivity index (χ1) is 20.0. The monoisotopic (exact) mass is 585 g/mol. The molecule has 0 radical (unpaired) electrons. The Morgan fingerprint density at radius 1 is 1.00 bits per heavy atom. The summed E-state index contributed by atoms with van der Waals surface area (Å²) >= 11 is 0. The number of carbonyl (C=O) groups is 4. The standard InChI is InChI=1S/C29H30F3N5O5/c1-2-24(38)37-23(13-17-6-5-7-18(12-17)28-33-10-11-42-28)27(41)35-16-25(39)36-22(26(40)29(30,31)32)14-19-15-34-21-9-4-3-8-20(19)21/h3-9,12,15,22-23,34H,2,10-11,13-14,16H2,1H3,(H,35,41)(H,36,39)(H,37,38). The molecule has 42 heavy (non-hydrogen) atoms. The molecule has 1 aliphatic heterocycles. The van der Waals surface area contributed by atoms with Crippen LogP contribution in [0.25, 0.3) is 10.9 Å². The van der Waals surface area contributed by atoms with Crippen molar-refractivity contribution >= 4 is 40.3 Å². The Morgan fingerprint density at radius 2 is 1.76 bits per heavy atom. The van der Waals surface area contributed by atoms with Crippen LogP contribution in [0.1, 0.15) is 30.0 Å². The molecule has 0 fully saturated rings. The number of Topliss-reactive ketones (excluding diaryl/α,β-unsaturated/α-hetero) is 1. The third-order valence-electron chi connectivity index (χ3n) is 6.63. The zero-order valence-corrected chi connectivity index (χ0v) is 22.7. The Balaban J connectivity index is 1.43. The second-order valence-electron chi connectivity index (χ2n) is 9.68. The van der Waals surface area contributed by atoms with Crippen molar-refractivity contribution in [2.24, 2.45) is 4.99 Å². The minimum absolute atomic E-state index is 0.0655. The van der Waals surface area contributed by atoms with E-state index in [-0.39, 0.29) is 12.8 Å². The molecule has 1 aliphatic rings. The first-order valence-corrected chi connectivity index (χ1v) is 13.3. The van der Waals surface area contributed by atoms with Crippen molar-refractivity contribution in [3.05, 3.63) is 71.4 Å². The highest BCUT2D eigenvalue weighted by Gasteiger charge is 2.44. The molecule has 2 aromatic carbocycles. The molecule has 3 aromatic rings. The summed E-state index contributed by atoms with van der Waals surface area (Å²) < 4.78 is 45.6. The van der Waals surface area contributed by atoms with Gasteiger partial charge in [0.1, 0.15) is 18.7 Å². The largest absolute Gasteiger partial charge is 0.476 e. The molecule has 0 saturated heterocycles. The van der Waals surface area contributed by atoms with E-state index < -0.39 is 54.7 Å². The second-order valence-corrected chi connectivity index (χ2v) is 9.68. The van der Waals surface area contributed by atoms with Gasteiger partial charge in [0.15, 0.2) is 0 Å². The number of hydrogen-bond donors (Lipinski definition) is 4. The van der Waals surface area contributed by atoms with Crippen molar-refractivity contribution in [1.29, 1.82) is 0 Å². The van der Waals surface area contributed by atoms with Gasteiger partial charge in [0.2, 0.25) is 23.6 Å². The zero-order valence-electron chi connectivity index (χ0n) is 22.7. The molecular formula is C29H30F3N5O5. The van der Waals surface area contributed by atoms with Crippen LogP contribution in [-0.4, -0.2) is 72.3 Å². The van der Waals surface area contributed by atoms with E-state index in [2.05, 4.69) is 25.9 Å². The van der Waals surface area contributed by atoms with Gasteiger partial charge in [-0.15, -0.1) is 0 Å². The van der Waals surface area contributed by atoms with Gasteiger partial charge in [-0.2, -0.15) is 13.2 Å². The van der Waals surface area contributed by atoms with Crippen LogP contribution in [0.5, 0.6) is 0 Å². The summed E-state index contributed by atoms with van der Waals surface area (Å²) in [7, 11) is 0. The molecule has 2 heterocycles. The van der Waals surface area contributed by atoms with Crippen LogP contribution >= 0.6 is 0 Å². The van der Waals surface area contributed by atoms with E-state index in [4.69, 9.17) is 4.74 Å². The summed E-state index contributed by atoms with van der Waals surface area (Å²) in [6.07, 6.45) is -3.95. The fraction of sp³-hybridized carbons (Fsp3) is 0.345. The van der Waals surface area contributed by atoms with Gasteiger partial charge in [-0.1, -0.05) is 37.3 Å². The fourth-order valence-corrected chi connectivity index (χ4v) is 4.55. The normalized spacial score (nSPS) is 14.4. The summed E-state index contributed by atoms with van der Waals surface area (Å²) in [5.41, 5.74) is 2.47. The Kier molecular flexibility index (Phi) is 9.60. The van der Waals surface area contributed by atoms with Gasteiger partial charge >= 0.3 is 6.18 Å². The Hall–Kier alpha value is -4.68. The summed E-state index contributed by atoms with van der Waals surface area (Å²) in [6, 6.07) is 11.0. The summed E-state index contributed by atoms with van der Waals surface area (Å²) in [4.78, 5) is 57.2. The highest BCUT2D eigenvalue weighted by Crippen LogP contribution is 2.23. The van der Waals surface area contributed by atoms with Crippen LogP contribution in [0, 0.1) is 0 Å². The van der Waals surface area contributed by atoms with Crippen LogP contribution < -0.4 is 16.0 Å². The first-order valence-electron chi connectivity index (χ1n) is 13.3. The average Bonchev–Trinajstić information content (AvgIpc) is 3.65. The van der Waals surface area contributed by atoms with Gasteiger partial charge in [-0.3, -0.25) is 19.2 Å². The number of aromatic amines is 1. The van der Waals surface area contributed by atoms with Gasteiger partial charge in [0, 0.05) is 41.9 Å². The van der Waals surface area contributed by atoms with E-state index in [0.29, 0.717) is 46.6 Å². The lowest BCUT2D eigenvalue weighted by molar-refractivity contribution is -0.173. The van der Waals surface area contributed by atoms with Gasteiger partial charge in [-0.05, 0) is 29.3 Å². The van der Waals surface area contributed by atoms with Crippen LogP contribution in [0.2, 0.25) is 0 Å². The number of nitrogens with zero attached hydrogens (tertiary/aromatic N) is 1. The molecule has 222 valence electrons. The summed E-state index contributed by atoms with van der Waals surface area (Å²) in [5, 5.41) is 7.69. The number of benzene rings is 2. The topological polar surface area (TPSA) is 142 Å². The molecule has 3 amide bonds. The van der Waals surface area contributed by atoms with E-state index >= 15 is 0 Å². The second kappa shape index (κ2) is 13.3. The Morgan fingerprint density at radius 3 is 2.48 bits per heavy atom. The van der Waals surface area contributed by atoms with E-state index in [9.17, 15) is 32.3 Å². The first kappa shape index (κ1) is 30.3. The predicted octanol–water partition coefficient (Wildman–Crippen LogP) is 2.36. The zero-order chi connectivity index (χ0) is 30.3. The lowest BCUT2D eigenvalue weighted by atomic mass is 10.0. The number of ether oxygens (including phenoxy) is 1. The van der Waals surface area contributed by atoms with Crippen LogP contribution in [0.4, 0.5) is 13.2 Å². The highest BCUT2D eigenvalue weighted by molar-refractivity contribution is 5.96. The van der Waals surface area contributed by atoms with Crippen molar-refractivity contribution in [3.8, 4) is 0 Å². The van der Waals surface area contributed by atoms with E-state index in [1.807, 2.05) is 0 Å². The number of aliphatic imine (C=N–C) groups is 1. The molecule has 2 atom stereocenters. The SMILES string of the molecule is CCC(=O)NC(Cc1cccc(C2=NCCO2)c1)C(=O)NCC(=O)NC(Cc1c[nH]c2ccccc12)C(=O)C(F)(F)F. The number of nitrogens with one attached hydrogen (secondary N) is 4. The number of ketones is 1. The maximum Gasteiger partial charge on any atom is 0.452 e. The average molecular weight is 586 g/mol. The lowest BCUT2D eigenvalue weighted by Gasteiger charge is -2.21. The van der Waals surface area contributed by atoms with E-state index in [1.165, 1.54) is 6.20 Å². The number of alkyl halides is 3. The lowest BCUT2D eigenvalue weighted by Crippen LogP contribution is -2.53. The quantitative estimate of drug-likeness (QED) is 0.258. The van der Waals surface area contributed by atoms with Crippen molar-refractivity contribution in [2.45, 2.75) is 44.4 Å².